The van der Waals surface area contributed by atoms with Gasteiger partial charge < -0.3 is 9.64 Å². The van der Waals surface area contributed by atoms with E-state index in [-0.39, 0.29) is 18.1 Å². The lowest BCUT2D eigenvalue weighted by Crippen LogP contribution is -2.33. The van der Waals surface area contributed by atoms with Crippen LogP contribution in [0.4, 0.5) is 18.9 Å². The van der Waals surface area contributed by atoms with Crippen molar-refractivity contribution in [2.75, 3.05) is 24.6 Å². The van der Waals surface area contributed by atoms with Crippen LogP contribution in [0.3, 0.4) is 0 Å². The summed E-state index contributed by atoms with van der Waals surface area (Å²) in [5.74, 6) is -0.326. The molecule has 124 valence electrons. The van der Waals surface area contributed by atoms with Gasteiger partial charge in [0.05, 0.1) is 28.8 Å². The number of rotatable bonds is 3. The average Bonchev–Trinajstić information content (AvgIpc) is 2.89. The molecule has 1 aromatic carbocycles. The third-order valence-corrected chi connectivity index (χ3v) is 4.03. The Bertz CT molecular complexity index is 652. The lowest BCUT2D eigenvalue weighted by molar-refractivity contribution is -0.153. The van der Waals surface area contributed by atoms with E-state index in [0.717, 1.165) is 12.1 Å². The second-order valence-electron chi connectivity index (χ2n) is 5.79. The Morgan fingerprint density at radius 2 is 2.17 bits per heavy atom. The molecular weight excluding hydrogens is 309 g/mol. The van der Waals surface area contributed by atoms with Gasteiger partial charge >= 0.3 is 12.1 Å². The highest BCUT2D eigenvalue weighted by atomic mass is 19.4. The number of carbonyl (C=O) groups excluding carboxylic acids is 1. The smallest absolute Gasteiger partial charge is 0.416 e. The number of hydrogen-bond acceptors (Lipinski definition) is 4. The van der Waals surface area contributed by atoms with Crippen molar-refractivity contribution in [3.05, 3.63) is 29.3 Å². The zero-order chi connectivity index (χ0) is 17.3. The van der Waals surface area contributed by atoms with Crippen molar-refractivity contribution in [1.29, 1.82) is 5.26 Å². The van der Waals surface area contributed by atoms with E-state index < -0.39 is 17.2 Å². The Hall–Kier alpha value is -2.23. The van der Waals surface area contributed by atoms with Crippen molar-refractivity contribution >= 4 is 11.7 Å². The van der Waals surface area contributed by atoms with E-state index in [0.29, 0.717) is 25.2 Å². The topological polar surface area (TPSA) is 53.3 Å². The molecule has 0 spiro atoms. The van der Waals surface area contributed by atoms with Gasteiger partial charge in [0.15, 0.2) is 0 Å². The number of esters is 1. The molecule has 0 saturated carbocycles. The van der Waals surface area contributed by atoms with Crippen molar-refractivity contribution < 1.29 is 22.7 Å². The summed E-state index contributed by atoms with van der Waals surface area (Å²) in [6.07, 6.45) is -3.97. The number of ether oxygens (including phenoxy) is 1. The van der Waals surface area contributed by atoms with Crippen LogP contribution in [0.5, 0.6) is 0 Å². The van der Waals surface area contributed by atoms with E-state index >= 15 is 0 Å². The Balaban J connectivity index is 2.27. The zero-order valence-electron chi connectivity index (χ0n) is 12.9. The molecular formula is C16H17F3N2O2. The number of nitrogens with zero attached hydrogens (tertiary/aromatic N) is 2. The molecule has 1 aliphatic rings. The van der Waals surface area contributed by atoms with E-state index in [1.165, 1.54) is 6.07 Å². The van der Waals surface area contributed by atoms with Gasteiger partial charge in [0.2, 0.25) is 0 Å². The molecule has 1 heterocycles. The fourth-order valence-corrected chi connectivity index (χ4v) is 2.72. The van der Waals surface area contributed by atoms with Gasteiger partial charge in [-0.05, 0) is 38.5 Å². The summed E-state index contributed by atoms with van der Waals surface area (Å²) in [4.78, 5) is 13.8. The molecule has 4 nitrogen and oxygen atoms in total. The summed E-state index contributed by atoms with van der Waals surface area (Å²) in [6, 6.07) is 4.90. The molecule has 0 radical (unpaired) electrons. The van der Waals surface area contributed by atoms with Crippen molar-refractivity contribution in [2.24, 2.45) is 5.41 Å². The van der Waals surface area contributed by atoms with Crippen LogP contribution in [0.15, 0.2) is 18.2 Å². The molecule has 0 amide bonds. The normalized spacial score (nSPS) is 21.1. The Morgan fingerprint density at radius 3 is 2.74 bits per heavy atom. The van der Waals surface area contributed by atoms with Gasteiger partial charge in [0.25, 0.3) is 0 Å². The maximum Gasteiger partial charge on any atom is 0.416 e. The number of nitriles is 1. The van der Waals surface area contributed by atoms with Crippen LogP contribution in [-0.4, -0.2) is 25.7 Å². The van der Waals surface area contributed by atoms with Crippen LogP contribution in [0, 0.1) is 16.7 Å². The molecule has 1 saturated heterocycles. The highest BCUT2D eigenvalue weighted by Gasteiger charge is 2.42. The molecule has 0 N–H and O–H groups in total. The maximum atomic E-state index is 12.7. The second-order valence-corrected chi connectivity index (χ2v) is 5.79. The summed E-state index contributed by atoms with van der Waals surface area (Å²) in [6.45, 7) is 4.55. The van der Waals surface area contributed by atoms with Crippen molar-refractivity contribution in [1.82, 2.24) is 0 Å². The van der Waals surface area contributed by atoms with Gasteiger partial charge in [-0.1, -0.05) is 0 Å². The Labute approximate surface area is 132 Å². The monoisotopic (exact) mass is 326 g/mol. The summed E-state index contributed by atoms with van der Waals surface area (Å²) in [5.41, 5.74) is -1.21. The van der Waals surface area contributed by atoms with Crippen LogP contribution >= 0.6 is 0 Å². The second kappa shape index (κ2) is 6.11. The minimum atomic E-state index is -4.49. The van der Waals surface area contributed by atoms with Gasteiger partial charge in [0.1, 0.15) is 6.07 Å². The Morgan fingerprint density at radius 1 is 1.48 bits per heavy atom. The lowest BCUT2D eigenvalue weighted by Gasteiger charge is -2.24. The van der Waals surface area contributed by atoms with Crippen molar-refractivity contribution in [3.8, 4) is 6.07 Å². The van der Waals surface area contributed by atoms with Gasteiger partial charge in [0, 0.05) is 13.1 Å². The first-order valence-corrected chi connectivity index (χ1v) is 7.25. The van der Waals surface area contributed by atoms with Gasteiger partial charge in [-0.2, -0.15) is 18.4 Å². The van der Waals surface area contributed by atoms with E-state index in [9.17, 15) is 18.0 Å². The number of carbonyl (C=O) groups is 1. The molecule has 0 bridgehead atoms. The number of alkyl halides is 3. The van der Waals surface area contributed by atoms with Gasteiger partial charge in [-0.25, -0.2) is 0 Å². The van der Waals surface area contributed by atoms with Gasteiger partial charge in [-0.3, -0.25) is 4.79 Å². The number of anilines is 1. The molecule has 7 heteroatoms. The number of hydrogen-bond donors (Lipinski definition) is 0. The van der Waals surface area contributed by atoms with E-state index in [1.807, 2.05) is 6.07 Å². The molecule has 1 unspecified atom stereocenters. The molecule has 1 aromatic rings. The quantitative estimate of drug-likeness (QED) is 0.799. The number of benzene rings is 1. The predicted molar refractivity (Wildman–Crippen MR) is 77.7 cm³/mol. The number of halogens is 3. The first-order chi connectivity index (χ1) is 10.7. The van der Waals surface area contributed by atoms with Crippen LogP contribution < -0.4 is 4.90 Å². The first-order valence-electron chi connectivity index (χ1n) is 7.25. The molecule has 23 heavy (non-hydrogen) atoms. The maximum absolute atomic E-state index is 12.7. The standard InChI is InChI=1S/C16H17F3N2O2/c1-3-23-14(22)15(2)6-7-21(10-15)13-5-4-12(16(17,18)19)8-11(13)9-20/h4-5,8H,3,6-7,10H2,1-2H3. The fourth-order valence-electron chi connectivity index (χ4n) is 2.72. The SMILES string of the molecule is CCOC(=O)C1(C)CCN(c2ccc(C(F)(F)F)cc2C#N)C1. The first kappa shape index (κ1) is 17.1. The van der Waals surface area contributed by atoms with Gasteiger partial charge in [-0.15, -0.1) is 0 Å². The fraction of sp³-hybridized carbons (Fsp3) is 0.500. The van der Waals surface area contributed by atoms with Crippen LogP contribution in [0.1, 0.15) is 31.4 Å². The molecule has 0 aliphatic carbocycles. The lowest BCUT2D eigenvalue weighted by atomic mass is 9.90. The van der Waals surface area contributed by atoms with Crippen LogP contribution in [0.2, 0.25) is 0 Å². The van der Waals surface area contributed by atoms with Crippen molar-refractivity contribution in [3.63, 3.8) is 0 Å². The van der Waals surface area contributed by atoms with E-state index in [2.05, 4.69) is 0 Å². The molecule has 0 aromatic heterocycles. The third-order valence-electron chi connectivity index (χ3n) is 4.03. The largest absolute Gasteiger partial charge is 0.466 e. The molecule has 1 aliphatic heterocycles. The van der Waals surface area contributed by atoms with E-state index in [1.54, 1.807) is 18.7 Å². The van der Waals surface area contributed by atoms with Crippen LogP contribution in [-0.2, 0) is 15.7 Å². The summed E-state index contributed by atoms with van der Waals surface area (Å²) in [7, 11) is 0. The van der Waals surface area contributed by atoms with Crippen molar-refractivity contribution in [2.45, 2.75) is 26.4 Å². The average molecular weight is 326 g/mol. The minimum absolute atomic E-state index is 0.0482. The third kappa shape index (κ3) is 3.41. The molecule has 1 fully saturated rings. The molecule has 1 atom stereocenters. The van der Waals surface area contributed by atoms with Crippen LogP contribution in [0.25, 0.3) is 0 Å². The predicted octanol–water partition coefficient (Wildman–Crippen LogP) is 3.36. The van der Waals surface area contributed by atoms with E-state index in [4.69, 9.17) is 10.00 Å². The minimum Gasteiger partial charge on any atom is -0.466 e. The highest BCUT2D eigenvalue weighted by Crippen LogP contribution is 2.38. The molecule has 2 rings (SSSR count). The Kier molecular flexibility index (Phi) is 4.55. The summed E-state index contributed by atoms with van der Waals surface area (Å²) >= 11 is 0. The highest BCUT2D eigenvalue weighted by molar-refractivity contribution is 5.78. The summed E-state index contributed by atoms with van der Waals surface area (Å²) in [5, 5.41) is 9.16. The zero-order valence-corrected chi connectivity index (χ0v) is 12.9. The summed E-state index contributed by atoms with van der Waals surface area (Å²) < 4.78 is 43.3.